The lowest BCUT2D eigenvalue weighted by molar-refractivity contribution is -0.137. The van der Waals surface area contributed by atoms with E-state index >= 15 is 0 Å². The zero-order valence-electron chi connectivity index (χ0n) is 17.0. The number of aromatic nitrogens is 4. The minimum atomic E-state index is -1.11. The fourth-order valence-corrected chi connectivity index (χ4v) is 3.28. The van der Waals surface area contributed by atoms with Gasteiger partial charge in [-0.05, 0) is 17.7 Å². The Hall–Kier alpha value is -4.53. The third-order valence-corrected chi connectivity index (χ3v) is 4.86. The molecule has 0 unspecified atom stereocenters. The fraction of sp³-hybridized carbons (Fsp3) is 0.0870. The molecule has 4 aromatic rings. The number of Topliss-reactive ketones (excluding diaryl/α,β-unsaturated/α-hetero) is 1. The van der Waals surface area contributed by atoms with Crippen molar-refractivity contribution in [3.8, 4) is 11.5 Å². The molecular formula is C23H20N6O3. The van der Waals surface area contributed by atoms with Crippen molar-refractivity contribution >= 4 is 17.6 Å². The van der Waals surface area contributed by atoms with Crippen LogP contribution in [0.5, 0.6) is 0 Å². The molecule has 160 valence electrons. The summed E-state index contributed by atoms with van der Waals surface area (Å²) in [4.78, 5) is 40.9. The number of imidazole rings is 1. The van der Waals surface area contributed by atoms with Gasteiger partial charge in [-0.25, -0.2) is 9.67 Å². The number of hydrogen-bond acceptors (Lipinski definition) is 5. The number of nitrogens with zero attached hydrogens (tertiary/aromatic N) is 4. The molecule has 0 spiro atoms. The zero-order chi connectivity index (χ0) is 22.5. The van der Waals surface area contributed by atoms with Crippen LogP contribution in [0.15, 0.2) is 85.5 Å². The van der Waals surface area contributed by atoms with Gasteiger partial charge in [0.05, 0.1) is 11.9 Å². The molecule has 0 saturated carbocycles. The third-order valence-electron chi connectivity index (χ3n) is 4.86. The summed E-state index contributed by atoms with van der Waals surface area (Å²) in [7, 11) is 0. The summed E-state index contributed by atoms with van der Waals surface area (Å²) in [5.74, 6) is -2.09. The van der Waals surface area contributed by atoms with Gasteiger partial charge in [0.1, 0.15) is 18.1 Å². The highest BCUT2D eigenvalue weighted by atomic mass is 16.2. The molecule has 0 radical (unpaired) electrons. The lowest BCUT2D eigenvalue weighted by Crippen LogP contribution is -2.47. The molecule has 9 heteroatoms. The summed E-state index contributed by atoms with van der Waals surface area (Å²) in [6.45, 7) is 0. The van der Waals surface area contributed by atoms with E-state index in [1.54, 1.807) is 41.2 Å². The lowest BCUT2D eigenvalue weighted by Gasteiger charge is -2.16. The van der Waals surface area contributed by atoms with Crippen molar-refractivity contribution in [2.75, 3.05) is 0 Å². The predicted molar refractivity (Wildman–Crippen MR) is 116 cm³/mol. The van der Waals surface area contributed by atoms with Crippen molar-refractivity contribution < 1.29 is 14.4 Å². The molecule has 2 heterocycles. The number of carbonyl (C=O) groups excluding carboxylic acids is 3. The van der Waals surface area contributed by atoms with Gasteiger partial charge in [0.2, 0.25) is 5.78 Å². The van der Waals surface area contributed by atoms with Gasteiger partial charge < -0.3 is 11.1 Å². The van der Waals surface area contributed by atoms with Gasteiger partial charge >= 0.3 is 0 Å². The van der Waals surface area contributed by atoms with Gasteiger partial charge in [-0.3, -0.25) is 19.0 Å². The van der Waals surface area contributed by atoms with Gasteiger partial charge in [-0.1, -0.05) is 48.5 Å². The van der Waals surface area contributed by atoms with E-state index in [9.17, 15) is 14.4 Å². The minimum Gasteiger partial charge on any atom is -0.363 e. The maximum absolute atomic E-state index is 13.0. The van der Waals surface area contributed by atoms with Crippen LogP contribution in [0.25, 0.3) is 11.5 Å². The molecule has 2 aromatic carbocycles. The van der Waals surface area contributed by atoms with Crippen LogP contribution in [0, 0.1) is 0 Å². The first kappa shape index (κ1) is 20.7. The predicted octanol–water partition coefficient (Wildman–Crippen LogP) is 1.45. The van der Waals surface area contributed by atoms with E-state index in [0.717, 1.165) is 11.3 Å². The SMILES string of the molecule is NC(=O)C(=O)[C@H](Cc1ccccc1)NC(=O)c1cncn1-c1ccn(-c2ccccc2)n1. The summed E-state index contributed by atoms with van der Waals surface area (Å²) >= 11 is 0. The van der Waals surface area contributed by atoms with Gasteiger partial charge in [0.15, 0.2) is 5.82 Å². The number of ketones is 1. The number of rotatable bonds is 8. The van der Waals surface area contributed by atoms with Crippen LogP contribution in [0.2, 0.25) is 0 Å². The van der Waals surface area contributed by atoms with Crippen molar-refractivity contribution in [1.82, 2.24) is 24.6 Å². The zero-order valence-corrected chi connectivity index (χ0v) is 17.0. The quantitative estimate of drug-likeness (QED) is 0.411. The Balaban J connectivity index is 1.57. The van der Waals surface area contributed by atoms with Crippen LogP contribution in [0.4, 0.5) is 0 Å². The van der Waals surface area contributed by atoms with Crippen molar-refractivity contribution in [3.05, 3.63) is 96.7 Å². The molecule has 2 aromatic heterocycles. The summed E-state index contributed by atoms with van der Waals surface area (Å²) in [5.41, 5.74) is 7.00. The number of para-hydroxylation sites is 1. The average molecular weight is 428 g/mol. The Kier molecular flexibility index (Phi) is 5.89. The average Bonchev–Trinajstić information content (AvgIpc) is 3.49. The number of nitrogens with two attached hydrogens (primary N) is 1. The molecule has 3 N–H and O–H groups in total. The highest BCUT2D eigenvalue weighted by molar-refractivity contribution is 6.38. The van der Waals surface area contributed by atoms with Gasteiger partial charge in [-0.2, -0.15) is 0 Å². The summed E-state index contributed by atoms with van der Waals surface area (Å²) < 4.78 is 3.18. The molecular weight excluding hydrogens is 408 g/mol. The highest BCUT2D eigenvalue weighted by Crippen LogP contribution is 2.13. The topological polar surface area (TPSA) is 125 Å². The van der Waals surface area contributed by atoms with Crippen LogP contribution >= 0.6 is 0 Å². The minimum absolute atomic E-state index is 0.130. The molecule has 4 rings (SSSR count). The molecule has 9 nitrogen and oxygen atoms in total. The van der Waals surface area contributed by atoms with E-state index in [1.165, 1.54) is 17.1 Å². The normalized spacial score (nSPS) is 11.6. The summed E-state index contributed by atoms with van der Waals surface area (Å²) in [6, 6.07) is 19.2. The second-order valence-electron chi connectivity index (χ2n) is 7.05. The van der Waals surface area contributed by atoms with Crippen molar-refractivity contribution in [3.63, 3.8) is 0 Å². The Morgan fingerprint density at radius 1 is 0.969 bits per heavy atom. The number of benzene rings is 2. The Bertz CT molecular complexity index is 1250. The summed E-state index contributed by atoms with van der Waals surface area (Å²) in [6.07, 6.45) is 4.71. The molecule has 0 aliphatic carbocycles. The fourth-order valence-electron chi connectivity index (χ4n) is 3.28. The largest absolute Gasteiger partial charge is 0.363 e. The second-order valence-corrected chi connectivity index (χ2v) is 7.05. The first-order chi connectivity index (χ1) is 15.5. The molecule has 0 fully saturated rings. The molecule has 0 saturated heterocycles. The first-order valence-corrected chi connectivity index (χ1v) is 9.85. The van der Waals surface area contributed by atoms with Crippen LogP contribution < -0.4 is 11.1 Å². The number of primary amides is 1. The Morgan fingerprint density at radius 2 is 1.66 bits per heavy atom. The lowest BCUT2D eigenvalue weighted by atomic mass is 10.0. The third kappa shape index (κ3) is 4.46. The molecule has 1 atom stereocenters. The Morgan fingerprint density at radius 3 is 2.34 bits per heavy atom. The number of nitrogens with one attached hydrogen (secondary N) is 1. The molecule has 0 aliphatic rings. The summed E-state index contributed by atoms with van der Waals surface area (Å²) in [5, 5.41) is 7.11. The van der Waals surface area contributed by atoms with Gasteiger partial charge in [0.25, 0.3) is 11.8 Å². The standard InChI is InChI=1S/C23H20N6O3/c24-22(31)21(30)18(13-16-7-3-1-4-8-16)26-23(32)19-14-25-15-28(19)20-11-12-29(27-20)17-9-5-2-6-10-17/h1-12,14-15,18H,13H2,(H2,24,31)(H,26,32)/t18-/m0/s1. The number of carbonyl (C=O) groups is 3. The van der Waals surface area contributed by atoms with Crippen LogP contribution in [0.1, 0.15) is 16.1 Å². The van der Waals surface area contributed by atoms with E-state index in [1.807, 2.05) is 36.4 Å². The second kappa shape index (κ2) is 9.09. The van der Waals surface area contributed by atoms with Gasteiger partial charge in [0, 0.05) is 18.7 Å². The molecule has 32 heavy (non-hydrogen) atoms. The Labute approximate surface area is 183 Å². The maximum Gasteiger partial charge on any atom is 0.287 e. The van der Waals surface area contributed by atoms with E-state index in [4.69, 9.17) is 5.73 Å². The van der Waals surface area contributed by atoms with Crippen molar-refractivity contribution in [1.29, 1.82) is 0 Å². The highest BCUT2D eigenvalue weighted by Gasteiger charge is 2.27. The van der Waals surface area contributed by atoms with Crippen molar-refractivity contribution in [2.24, 2.45) is 5.73 Å². The molecule has 0 aliphatic heterocycles. The van der Waals surface area contributed by atoms with E-state index in [2.05, 4.69) is 15.4 Å². The van der Waals surface area contributed by atoms with Crippen LogP contribution in [-0.4, -0.2) is 43.0 Å². The van der Waals surface area contributed by atoms with Crippen LogP contribution in [-0.2, 0) is 16.0 Å². The smallest absolute Gasteiger partial charge is 0.287 e. The van der Waals surface area contributed by atoms with Crippen molar-refractivity contribution in [2.45, 2.75) is 12.5 Å². The van der Waals surface area contributed by atoms with Gasteiger partial charge in [-0.15, -0.1) is 5.10 Å². The van der Waals surface area contributed by atoms with E-state index in [0.29, 0.717) is 5.82 Å². The maximum atomic E-state index is 13.0. The van der Waals surface area contributed by atoms with Crippen LogP contribution in [0.3, 0.4) is 0 Å². The van der Waals surface area contributed by atoms with E-state index < -0.39 is 23.6 Å². The number of hydrogen-bond donors (Lipinski definition) is 2. The number of amides is 2. The molecule has 2 amide bonds. The molecule has 0 bridgehead atoms. The first-order valence-electron chi connectivity index (χ1n) is 9.85. The van der Waals surface area contributed by atoms with E-state index in [-0.39, 0.29) is 12.1 Å². The monoisotopic (exact) mass is 428 g/mol.